The van der Waals surface area contributed by atoms with Gasteiger partial charge >= 0.3 is 0 Å². The van der Waals surface area contributed by atoms with E-state index >= 15 is 0 Å². The maximum Gasteiger partial charge on any atom is 0.269 e. The zero-order chi connectivity index (χ0) is 17.8. The highest BCUT2D eigenvalue weighted by atomic mass is 16.6. The fourth-order valence-electron chi connectivity index (χ4n) is 2.77. The normalized spacial score (nSPS) is 14.9. The number of anilines is 1. The molecule has 7 heteroatoms. The number of non-ortho nitro benzene ring substituents is 1. The van der Waals surface area contributed by atoms with Crippen LogP contribution < -0.4 is 4.90 Å². The second-order valence-electron chi connectivity index (χ2n) is 5.87. The molecule has 0 bridgehead atoms. The lowest BCUT2D eigenvalue weighted by Gasteiger charge is -2.35. The summed E-state index contributed by atoms with van der Waals surface area (Å²) < 4.78 is 5.41. The Morgan fingerprint density at radius 2 is 1.80 bits per heavy atom. The Kier molecular flexibility index (Phi) is 4.83. The van der Waals surface area contributed by atoms with E-state index in [0.717, 1.165) is 11.4 Å². The number of piperazine rings is 1. The average molecular weight is 341 g/mol. The first-order valence-corrected chi connectivity index (χ1v) is 8.06. The van der Waals surface area contributed by atoms with Crippen molar-refractivity contribution in [3.63, 3.8) is 0 Å². The summed E-state index contributed by atoms with van der Waals surface area (Å²) in [6.07, 6.45) is 3.21. The molecule has 0 atom stereocenters. The minimum Gasteiger partial charge on any atom is -0.462 e. The number of carbonyl (C=O) groups is 1. The minimum atomic E-state index is -0.409. The van der Waals surface area contributed by atoms with Gasteiger partial charge in [-0.15, -0.1) is 0 Å². The Balaban J connectivity index is 1.55. The standard InChI is InChI=1S/C18H19N3O4/c1-14-2-7-17(25-14)8-9-18(22)20-12-10-19(11-13-20)15-3-5-16(6-4-15)21(23)24/h2-9H,10-13H2,1H3/b9-8+. The van der Waals surface area contributed by atoms with Gasteiger partial charge in [-0.1, -0.05) is 0 Å². The Labute approximate surface area is 145 Å². The minimum absolute atomic E-state index is 0.0441. The van der Waals surface area contributed by atoms with Gasteiger partial charge in [-0.25, -0.2) is 0 Å². The first-order chi connectivity index (χ1) is 12.0. The van der Waals surface area contributed by atoms with Crippen molar-refractivity contribution in [1.29, 1.82) is 0 Å². The molecule has 1 aliphatic heterocycles. The van der Waals surface area contributed by atoms with E-state index in [1.807, 2.05) is 19.1 Å². The lowest BCUT2D eigenvalue weighted by Crippen LogP contribution is -2.48. The van der Waals surface area contributed by atoms with Gasteiger partial charge in [0.15, 0.2) is 0 Å². The van der Waals surface area contributed by atoms with Crippen molar-refractivity contribution >= 4 is 23.4 Å². The summed E-state index contributed by atoms with van der Waals surface area (Å²) in [6.45, 7) is 4.46. The summed E-state index contributed by atoms with van der Waals surface area (Å²) in [7, 11) is 0. The molecule has 0 saturated carbocycles. The Morgan fingerprint density at radius 3 is 2.36 bits per heavy atom. The molecule has 1 aromatic heterocycles. The van der Waals surface area contributed by atoms with E-state index in [9.17, 15) is 14.9 Å². The number of rotatable bonds is 4. The summed E-state index contributed by atoms with van der Waals surface area (Å²) in [5.41, 5.74) is 1.01. The molecule has 2 aromatic rings. The number of benzene rings is 1. The fraction of sp³-hybridized carbons (Fsp3) is 0.278. The number of carbonyl (C=O) groups excluding carboxylic acids is 1. The molecule has 7 nitrogen and oxygen atoms in total. The smallest absolute Gasteiger partial charge is 0.269 e. The number of aryl methyl sites for hydroxylation is 1. The van der Waals surface area contributed by atoms with E-state index < -0.39 is 4.92 Å². The second-order valence-corrected chi connectivity index (χ2v) is 5.87. The zero-order valence-electron chi connectivity index (χ0n) is 13.9. The molecular formula is C18H19N3O4. The van der Waals surface area contributed by atoms with Gasteiger partial charge in [0.2, 0.25) is 5.91 Å². The predicted molar refractivity (Wildman–Crippen MR) is 94.4 cm³/mol. The summed E-state index contributed by atoms with van der Waals surface area (Å²) in [5, 5.41) is 10.7. The SMILES string of the molecule is Cc1ccc(/C=C/C(=O)N2CCN(c3ccc([N+](=O)[O-])cc3)CC2)o1. The Hall–Kier alpha value is -3.09. The van der Waals surface area contributed by atoms with E-state index in [0.29, 0.717) is 31.9 Å². The number of nitro benzene ring substituents is 1. The molecule has 1 aromatic carbocycles. The van der Waals surface area contributed by atoms with Gasteiger partial charge in [0, 0.05) is 50.1 Å². The number of amides is 1. The van der Waals surface area contributed by atoms with Gasteiger partial charge in [-0.3, -0.25) is 14.9 Å². The molecule has 25 heavy (non-hydrogen) atoms. The highest BCUT2D eigenvalue weighted by Gasteiger charge is 2.20. The van der Waals surface area contributed by atoms with Crippen molar-refractivity contribution in [2.45, 2.75) is 6.92 Å². The molecule has 3 rings (SSSR count). The van der Waals surface area contributed by atoms with Crippen LogP contribution in [0, 0.1) is 17.0 Å². The Morgan fingerprint density at radius 1 is 1.12 bits per heavy atom. The molecular weight excluding hydrogens is 322 g/mol. The molecule has 1 aliphatic rings. The van der Waals surface area contributed by atoms with E-state index in [1.165, 1.54) is 18.2 Å². The van der Waals surface area contributed by atoms with Crippen molar-refractivity contribution in [2.75, 3.05) is 31.1 Å². The third-order valence-electron chi connectivity index (χ3n) is 4.17. The van der Waals surface area contributed by atoms with Gasteiger partial charge in [-0.05, 0) is 37.3 Å². The average Bonchev–Trinajstić information content (AvgIpc) is 3.05. The molecule has 0 aliphatic carbocycles. The topological polar surface area (TPSA) is 79.8 Å². The molecule has 0 spiro atoms. The number of hydrogen-bond acceptors (Lipinski definition) is 5. The third kappa shape index (κ3) is 4.06. The van der Waals surface area contributed by atoms with Crippen LogP contribution in [0.25, 0.3) is 6.08 Å². The largest absolute Gasteiger partial charge is 0.462 e. The van der Waals surface area contributed by atoms with Crippen molar-refractivity contribution in [1.82, 2.24) is 4.90 Å². The monoisotopic (exact) mass is 341 g/mol. The maximum atomic E-state index is 12.2. The van der Waals surface area contributed by atoms with Crippen LogP contribution in [0.5, 0.6) is 0 Å². The quantitative estimate of drug-likeness (QED) is 0.485. The highest BCUT2D eigenvalue weighted by molar-refractivity contribution is 5.91. The summed E-state index contributed by atoms with van der Waals surface area (Å²) in [6, 6.07) is 10.2. The van der Waals surface area contributed by atoms with Gasteiger partial charge in [0.1, 0.15) is 11.5 Å². The van der Waals surface area contributed by atoms with Gasteiger partial charge in [-0.2, -0.15) is 0 Å². The molecule has 0 N–H and O–H groups in total. The van der Waals surface area contributed by atoms with Crippen LogP contribution in [0.1, 0.15) is 11.5 Å². The highest BCUT2D eigenvalue weighted by Crippen LogP contribution is 2.20. The van der Waals surface area contributed by atoms with Crippen molar-refractivity contribution < 1.29 is 14.1 Å². The van der Waals surface area contributed by atoms with E-state index in [2.05, 4.69) is 4.90 Å². The maximum absolute atomic E-state index is 12.2. The third-order valence-corrected chi connectivity index (χ3v) is 4.17. The van der Waals surface area contributed by atoms with Crippen LogP contribution in [0.15, 0.2) is 46.9 Å². The first kappa shape index (κ1) is 16.8. The van der Waals surface area contributed by atoms with Gasteiger partial charge in [0.25, 0.3) is 5.69 Å². The summed E-state index contributed by atoms with van der Waals surface area (Å²) >= 11 is 0. The zero-order valence-corrected chi connectivity index (χ0v) is 13.9. The van der Waals surface area contributed by atoms with Crippen molar-refractivity contribution in [3.05, 3.63) is 64.1 Å². The number of hydrogen-bond donors (Lipinski definition) is 0. The summed E-state index contributed by atoms with van der Waals surface area (Å²) in [5.74, 6) is 1.43. The molecule has 1 saturated heterocycles. The van der Waals surface area contributed by atoms with Gasteiger partial charge < -0.3 is 14.2 Å². The number of nitrogens with zero attached hydrogens (tertiary/aromatic N) is 3. The molecule has 2 heterocycles. The van der Waals surface area contributed by atoms with Crippen LogP contribution in [0.3, 0.4) is 0 Å². The molecule has 0 unspecified atom stereocenters. The molecule has 1 amide bonds. The van der Waals surface area contributed by atoms with Gasteiger partial charge in [0.05, 0.1) is 4.92 Å². The Bertz CT molecular complexity index is 787. The van der Waals surface area contributed by atoms with Crippen LogP contribution in [0.2, 0.25) is 0 Å². The lowest BCUT2D eigenvalue weighted by molar-refractivity contribution is -0.384. The van der Waals surface area contributed by atoms with E-state index in [1.54, 1.807) is 23.1 Å². The molecule has 1 fully saturated rings. The lowest BCUT2D eigenvalue weighted by atomic mass is 10.2. The number of nitro groups is 1. The fourth-order valence-corrected chi connectivity index (χ4v) is 2.77. The number of furan rings is 1. The predicted octanol–water partition coefficient (Wildman–Crippen LogP) is 2.86. The van der Waals surface area contributed by atoms with Crippen LogP contribution >= 0.6 is 0 Å². The molecule has 130 valence electrons. The van der Waals surface area contributed by atoms with E-state index in [4.69, 9.17) is 4.42 Å². The van der Waals surface area contributed by atoms with Crippen LogP contribution in [-0.2, 0) is 4.79 Å². The van der Waals surface area contributed by atoms with Crippen molar-refractivity contribution in [2.24, 2.45) is 0 Å². The first-order valence-electron chi connectivity index (χ1n) is 8.06. The second kappa shape index (κ2) is 7.21. The van der Waals surface area contributed by atoms with E-state index in [-0.39, 0.29) is 11.6 Å². The van der Waals surface area contributed by atoms with Crippen LogP contribution in [0.4, 0.5) is 11.4 Å². The molecule has 0 radical (unpaired) electrons. The van der Waals surface area contributed by atoms with Crippen LogP contribution in [-0.4, -0.2) is 41.9 Å². The summed E-state index contributed by atoms with van der Waals surface area (Å²) in [4.78, 5) is 26.4. The van der Waals surface area contributed by atoms with Crippen molar-refractivity contribution in [3.8, 4) is 0 Å².